The van der Waals surface area contributed by atoms with Crippen molar-refractivity contribution in [3.63, 3.8) is 0 Å². The number of halogens is 2. The summed E-state index contributed by atoms with van der Waals surface area (Å²) >= 11 is 9.55. The molecule has 0 fully saturated rings. The first-order chi connectivity index (χ1) is 20.5. The molecule has 43 heavy (non-hydrogen) atoms. The molecule has 1 atom stereocenters. The highest BCUT2D eigenvalue weighted by Gasteiger charge is 2.34. The maximum atomic E-state index is 14.4. The summed E-state index contributed by atoms with van der Waals surface area (Å²) < 4.78 is 29.8. The van der Waals surface area contributed by atoms with Crippen LogP contribution >= 0.6 is 27.5 Å². The van der Waals surface area contributed by atoms with Gasteiger partial charge in [-0.2, -0.15) is 0 Å². The van der Waals surface area contributed by atoms with Crippen LogP contribution in [0.1, 0.15) is 25.0 Å². The van der Waals surface area contributed by atoms with Crippen molar-refractivity contribution in [2.45, 2.75) is 43.8 Å². The Labute approximate surface area is 266 Å². The van der Waals surface area contributed by atoms with Gasteiger partial charge in [-0.25, -0.2) is 8.42 Å². The number of amides is 2. The van der Waals surface area contributed by atoms with Crippen molar-refractivity contribution in [2.24, 2.45) is 0 Å². The quantitative estimate of drug-likeness (QED) is 0.186. The molecule has 1 N–H and O–H groups in total. The maximum absolute atomic E-state index is 14.4. The minimum atomic E-state index is -4.16. The number of carbonyl (C=O) groups is 2. The molecule has 0 heterocycles. The summed E-state index contributed by atoms with van der Waals surface area (Å²) in [5, 5.41) is 3.38. The van der Waals surface area contributed by atoms with E-state index in [1.165, 1.54) is 17.0 Å². The van der Waals surface area contributed by atoms with Gasteiger partial charge >= 0.3 is 0 Å². The fraction of sp³-hybridized carbons (Fsp3) is 0.212. The van der Waals surface area contributed by atoms with Gasteiger partial charge in [0, 0.05) is 28.5 Å². The zero-order valence-electron chi connectivity index (χ0n) is 23.9. The van der Waals surface area contributed by atoms with Gasteiger partial charge in [0.25, 0.3) is 10.0 Å². The van der Waals surface area contributed by atoms with Gasteiger partial charge < -0.3 is 10.2 Å². The van der Waals surface area contributed by atoms with Crippen LogP contribution in [-0.2, 0) is 32.6 Å². The molecule has 4 aromatic carbocycles. The minimum absolute atomic E-state index is 0.0376. The Kier molecular flexibility index (Phi) is 11.0. The fourth-order valence-electron chi connectivity index (χ4n) is 4.58. The average molecular weight is 683 g/mol. The molecule has 0 unspecified atom stereocenters. The molecule has 0 radical (unpaired) electrons. The number of hydrogen-bond acceptors (Lipinski definition) is 4. The zero-order valence-corrected chi connectivity index (χ0v) is 27.0. The summed E-state index contributed by atoms with van der Waals surface area (Å²) in [6, 6.07) is 30.0. The van der Waals surface area contributed by atoms with Gasteiger partial charge in [0.15, 0.2) is 0 Å². The summed E-state index contributed by atoms with van der Waals surface area (Å²) in [7, 11) is -4.16. The number of nitrogens with zero attached hydrogens (tertiary/aromatic N) is 2. The molecule has 7 nitrogen and oxygen atoms in total. The predicted molar refractivity (Wildman–Crippen MR) is 174 cm³/mol. The van der Waals surface area contributed by atoms with E-state index in [1.807, 2.05) is 68.4 Å². The predicted octanol–water partition coefficient (Wildman–Crippen LogP) is 6.46. The van der Waals surface area contributed by atoms with Gasteiger partial charge in [-0.05, 0) is 73.5 Å². The van der Waals surface area contributed by atoms with E-state index < -0.39 is 28.5 Å². The molecule has 10 heteroatoms. The number of anilines is 1. The third-order valence-electron chi connectivity index (χ3n) is 6.69. The smallest absolute Gasteiger partial charge is 0.264 e. The molecule has 4 rings (SSSR count). The van der Waals surface area contributed by atoms with Gasteiger partial charge in [0.2, 0.25) is 11.8 Å². The van der Waals surface area contributed by atoms with Gasteiger partial charge in [0.1, 0.15) is 12.6 Å². The molecular weight excluding hydrogens is 650 g/mol. The van der Waals surface area contributed by atoms with E-state index in [1.54, 1.807) is 42.5 Å². The van der Waals surface area contributed by atoms with Gasteiger partial charge in [-0.3, -0.25) is 13.9 Å². The second-order valence-corrected chi connectivity index (χ2v) is 13.5. The van der Waals surface area contributed by atoms with Crippen LogP contribution in [0.15, 0.2) is 119 Å². The largest absolute Gasteiger partial charge is 0.352 e. The number of sulfonamides is 1. The number of carbonyl (C=O) groups excluding carboxylic acids is 2. The Bertz CT molecular complexity index is 1620. The molecular formula is C33H33BrClN3O4S. The fourth-order valence-corrected chi connectivity index (χ4v) is 6.40. The van der Waals surface area contributed by atoms with Crippen molar-refractivity contribution >= 4 is 55.1 Å². The highest BCUT2D eigenvalue weighted by atomic mass is 79.9. The lowest BCUT2D eigenvalue weighted by Crippen LogP contribution is -2.54. The zero-order chi connectivity index (χ0) is 31.0. The Balaban J connectivity index is 1.79. The Morgan fingerprint density at radius 2 is 1.40 bits per heavy atom. The number of hydrogen-bond donors (Lipinski definition) is 1. The van der Waals surface area contributed by atoms with Crippen LogP contribution in [-0.4, -0.2) is 43.8 Å². The van der Waals surface area contributed by atoms with E-state index in [4.69, 9.17) is 11.6 Å². The van der Waals surface area contributed by atoms with E-state index in [2.05, 4.69) is 21.2 Å². The first-order valence-electron chi connectivity index (χ1n) is 13.8. The number of rotatable bonds is 12. The maximum Gasteiger partial charge on any atom is 0.264 e. The van der Waals surface area contributed by atoms with E-state index in [-0.39, 0.29) is 35.5 Å². The molecule has 224 valence electrons. The highest BCUT2D eigenvalue weighted by molar-refractivity contribution is 9.10. The van der Waals surface area contributed by atoms with Crippen LogP contribution in [0.5, 0.6) is 0 Å². The summed E-state index contributed by atoms with van der Waals surface area (Å²) in [6.45, 7) is 3.27. The average Bonchev–Trinajstić information content (AvgIpc) is 2.99. The van der Waals surface area contributed by atoms with Crippen LogP contribution in [0, 0.1) is 0 Å². The SMILES string of the molecule is CC(C)NC(=O)[C@H](Cc1ccccc1)N(Cc1ccc(Br)cc1)C(=O)CN(c1ccc(Cl)cc1)S(=O)(=O)c1ccccc1. The van der Waals surface area contributed by atoms with Crippen molar-refractivity contribution in [1.29, 1.82) is 0 Å². The third kappa shape index (κ3) is 8.69. The number of nitrogens with one attached hydrogen (secondary N) is 1. The first-order valence-corrected chi connectivity index (χ1v) is 16.4. The van der Waals surface area contributed by atoms with Gasteiger partial charge in [-0.1, -0.05) is 88.2 Å². The second-order valence-electron chi connectivity index (χ2n) is 10.3. The molecule has 0 aromatic heterocycles. The van der Waals surface area contributed by atoms with Crippen molar-refractivity contribution in [3.8, 4) is 0 Å². The van der Waals surface area contributed by atoms with Crippen LogP contribution in [0.25, 0.3) is 0 Å². The van der Waals surface area contributed by atoms with Crippen LogP contribution in [0.2, 0.25) is 5.02 Å². The second kappa shape index (κ2) is 14.7. The molecule has 0 saturated carbocycles. The molecule has 0 saturated heterocycles. The summed E-state index contributed by atoms with van der Waals surface area (Å²) in [5.41, 5.74) is 1.93. The summed E-state index contributed by atoms with van der Waals surface area (Å²) in [6.07, 6.45) is 0.244. The Morgan fingerprint density at radius 3 is 1.98 bits per heavy atom. The summed E-state index contributed by atoms with van der Waals surface area (Å²) in [4.78, 5) is 29.6. The summed E-state index contributed by atoms with van der Waals surface area (Å²) in [5.74, 6) is -0.856. The lowest BCUT2D eigenvalue weighted by molar-refractivity contribution is -0.140. The standard InChI is InChI=1S/C33H33BrClN3O4S/c1-24(2)36-33(40)31(21-25-9-5-3-6-10-25)37(22-26-13-15-27(34)16-14-26)32(39)23-38(29-19-17-28(35)18-20-29)43(41,42)30-11-7-4-8-12-30/h3-20,24,31H,21-23H2,1-2H3,(H,36,40)/t31-/m0/s1. The van der Waals surface area contributed by atoms with Crippen molar-refractivity contribution in [1.82, 2.24) is 10.2 Å². The van der Waals surface area contributed by atoms with Gasteiger partial charge in [0.05, 0.1) is 10.6 Å². The molecule has 2 amide bonds. The van der Waals surface area contributed by atoms with E-state index in [9.17, 15) is 18.0 Å². The van der Waals surface area contributed by atoms with Crippen molar-refractivity contribution < 1.29 is 18.0 Å². The normalized spacial score (nSPS) is 12.0. The molecule has 4 aromatic rings. The lowest BCUT2D eigenvalue weighted by atomic mass is 10.0. The first kappa shape index (κ1) is 32.3. The Hall–Kier alpha value is -3.66. The lowest BCUT2D eigenvalue weighted by Gasteiger charge is -2.34. The van der Waals surface area contributed by atoms with Crippen LogP contribution < -0.4 is 9.62 Å². The van der Waals surface area contributed by atoms with Gasteiger partial charge in [-0.15, -0.1) is 0 Å². The monoisotopic (exact) mass is 681 g/mol. The topological polar surface area (TPSA) is 86.8 Å². The van der Waals surface area contributed by atoms with E-state index in [0.29, 0.717) is 5.02 Å². The molecule has 0 aliphatic carbocycles. The van der Waals surface area contributed by atoms with Crippen LogP contribution in [0.3, 0.4) is 0 Å². The highest BCUT2D eigenvalue weighted by Crippen LogP contribution is 2.26. The van der Waals surface area contributed by atoms with Crippen LogP contribution in [0.4, 0.5) is 5.69 Å². The van der Waals surface area contributed by atoms with E-state index in [0.717, 1.165) is 19.9 Å². The molecule has 0 bridgehead atoms. The van der Waals surface area contributed by atoms with Crippen molar-refractivity contribution in [2.75, 3.05) is 10.8 Å². The minimum Gasteiger partial charge on any atom is -0.352 e. The number of benzene rings is 4. The Morgan fingerprint density at radius 1 is 0.814 bits per heavy atom. The molecule has 0 aliphatic heterocycles. The molecule has 0 spiro atoms. The van der Waals surface area contributed by atoms with Crippen molar-refractivity contribution in [3.05, 3.63) is 130 Å². The van der Waals surface area contributed by atoms with E-state index >= 15 is 0 Å². The third-order valence-corrected chi connectivity index (χ3v) is 9.26. The molecule has 0 aliphatic rings.